The number of halogens is 4. The molecule has 30 heteroatoms. The van der Waals surface area contributed by atoms with Gasteiger partial charge in [0, 0.05) is 218 Å². The number of rotatable bonds is 26. The molecule has 16 aromatic rings. The molecule has 9 aromatic carbocycles. The summed E-state index contributed by atoms with van der Waals surface area (Å²) < 4.78 is 17.1. The monoisotopic (exact) mass is 1990 g/mol. The third-order valence-corrected chi connectivity index (χ3v) is 28.2. The number of imidazole rings is 1. The summed E-state index contributed by atoms with van der Waals surface area (Å²) in [6.07, 6.45) is 14.9. The number of ether oxygens (including phenoxy) is 1. The number of aryl methyl sites for hydroxylation is 2. The summed E-state index contributed by atoms with van der Waals surface area (Å²) in [6.45, 7) is 8.72. The van der Waals surface area contributed by atoms with Crippen molar-refractivity contribution in [2.24, 2.45) is 37.8 Å². The number of piperidine rings is 4. The van der Waals surface area contributed by atoms with Gasteiger partial charge in [-0.15, -0.1) is 0 Å². The van der Waals surface area contributed by atoms with Crippen molar-refractivity contribution in [3.8, 4) is 5.75 Å². The first-order valence-electron chi connectivity index (χ1n) is 48.6. The van der Waals surface area contributed by atoms with Gasteiger partial charge in [-0.05, 0) is 212 Å². The zero-order valence-electron chi connectivity index (χ0n) is 80.2. The molecule has 4 fully saturated rings. The SMILES string of the molecule is COc1ccc(CCNC(=O)C2CCN(C(=O)c3cc4ccccc4n3Cc3ccc(Cl)cc3)CC2)cc1.Cn1ccc(CNC(=O)C2CCN(C(=O)c3cc4ccccc4n3Cc3ccc(Cl)cc3)CC2)n1.Cn1cnc(CNC(=O)C2CCN(C(=O)c3cc4ccccc4n3Cc3ccc(Cl)cc3)CC2)c1.O=C(NCc1cccnc1)C1CCN(C(=O)c2cc3ccccc3n2Cc2ccc(Cl)cc2)CC1. The molecule has 0 aliphatic carbocycles. The van der Waals surface area contributed by atoms with E-state index < -0.39 is 0 Å². The van der Waals surface area contributed by atoms with Gasteiger partial charge in [0.25, 0.3) is 23.6 Å². The van der Waals surface area contributed by atoms with Crippen LogP contribution in [0.5, 0.6) is 5.75 Å². The van der Waals surface area contributed by atoms with Crippen molar-refractivity contribution in [1.29, 1.82) is 0 Å². The summed E-state index contributed by atoms with van der Waals surface area (Å²) in [4.78, 5) is 121. The predicted molar refractivity (Wildman–Crippen MR) is 560 cm³/mol. The van der Waals surface area contributed by atoms with Gasteiger partial charge in [-0.1, -0.05) is 186 Å². The second-order valence-corrected chi connectivity index (χ2v) is 38.6. The van der Waals surface area contributed by atoms with Crippen molar-refractivity contribution >= 4 is 137 Å². The van der Waals surface area contributed by atoms with Crippen LogP contribution in [0.1, 0.15) is 138 Å². The van der Waals surface area contributed by atoms with Crippen molar-refractivity contribution < 1.29 is 43.1 Å². The van der Waals surface area contributed by atoms with Gasteiger partial charge >= 0.3 is 0 Å². The molecule has 0 unspecified atom stereocenters. The third-order valence-electron chi connectivity index (χ3n) is 27.2. The van der Waals surface area contributed by atoms with Crippen LogP contribution in [0.15, 0.2) is 292 Å². The fourth-order valence-corrected chi connectivity index (χ4v) is 19.7. The first-order valence-corrected chi connectivity index (χ1v) is 50.1. The van der Waals surface area contributed by atoms with Crippen molar-refractivity contribution in [2.75, 3.05) is 66.0 Å². The maximum Gasteiger partial charge on any atom is 0.270 e. The highest BCUT2D eigenvalue weighted by atomic mass is 35.5. The second kappa shape index (κ2) is 47.3. The van der Waals surface area contributed by atoms with E-state index in [1.54, 1.807) is 30.5 Å². The number of methoxy groups -OCH3 is 1. The Morgan fingerprint density at radius 2 is 0.664 bits per heavy atom. The molecule has 4 aliphatic rings. The number of carbonyl (C=O) groups is 8. The normalized spacial score (nSPS) is 14.3. The highest BCUT2D eigenvalue weighted by molar-refractivity contribution is 6.31. The molecule has 0 bridgehead atoms. The molecule has 26 nitrogen and oxygen atoms in total. The number of carbonyl (C=O) groups excluding carboxylic acids is 8. The molecule has 11 heterocycles. The number of benzene rings is 9. The van der Waals surface area contributed by atoms with E-state index in [1.165, 1.54) is 0 Å². The molecule has 143 heavy (non-hydrogen) atoms. The van der Waals surface area contributed by atoms with Crippen LogP contribution in [0.2, 0.25) is 20.1 Å². The van der Waals surface area contributed by atoms with Crippen molar-refractivity contribution in [1.82, 2.24) is 83.5 Å². The average molecular weight is 2000 g/mol. The Labute approximate surface area is 850 Å². The van der Waals surface area contributed by atoms with E-state index in [-0.39, 0.29) is 70.9 Å². The van der Waals surface area contributed by atoms with E-state index in [2.05, 4.69) is 54.6 Å². The van der Waals surface area contributed by atoms with E-state index >= 15 is 0 Å². The molecule has 0 radical (unpaired) electrons. The zero-order valence-corrected chi connectivity index (χ0v) is 83.2. The number of nitrogens with zero attached hydrogens (tertiary/aromatic N) is 13. The van der Waals surface area contributed by atoms with Gasteiger partial charge in [0.15, 0.2) is 0 Å². The van der Waals surface area contributed by atoms with E-state index in [9.17, 15) is 38.4 Å². The summed E-state index contributed by atoms with van der Waals surface area (Å²) in [5, 5.41) is 23.3. The van der Waals surface area contributed by atoms with E-state index in [4.69, 9.17) is 51.1 Å². The van der Waals surface area contributed by atoms with Gasteiger partial charge < -0.3 is 68.4 Å². The highest BCUT2D eigenvalue weighted by Gasteiger charge is 2.35. The predicted octanol–water partition coefficient (Wildman–Crippen LogP) is 19.0. The summed E-state index contributed by atoms with van der Waals surface area (Å²) in [5.41, 5.74) is 14.9. The second-order valence-electron chi connectivity index (χ2n) is 36.9. The number of likely N-dealkylation sites (tertiary alicyclic amines) is 4. The van der Waals surface area contributed by atoms with Crippen LogP contribution in [0.3, 0.4) is 0 Å². The van der Waals surface area contributed by atoms with Gasteiger partial charge in [-0.2, -0.15) is 5.10 Å². The molecule has 0 atom stereocenters. The van der Waals surface area contributed by atoms with Gasteiger partial charge in [-0.3, -0.25) is 48.0 Å². The Bertz CT molecular complexity index is 6920. The number of amides is 8. The minimum Gasteiger partial charge on any atom is -0.497 e. The summed E-state index contributed by atoms with van der Waals surface area (Å²) in [6, 6.07) is 84.5. The fraction of sp³-hybridized carbons (Fsp3) is 0.283. The van der Waals surface area contributed by atoms with Crippen molar-refractivity contribution in [3.05, 3.63) is 380 Å². The molecule has 4 saturated heterocycles. The first kappa shape index (κ1) is 100.0. The average Bonchev–Trinajstić information content (AvgIpc) is 1.64. The Kier molecular flexibility index (Phi) is 33.1. The topological polar surface area (TPSA) is 275 Å². The smallest absolute Gasteiger partial charge is 0.270 e. The minimum absolute atomic E-state index is 0.00232. The Morgan fingerprint density at radius 3 is 0.965 bits per heavy atom. The molecular weight excluding hydrogens is 1880 g/mol. The Hall–Kier alpha value is -14.6. The van der Waals surface area contributed by atoms with Crippen LogP contribution in [0.4, 0.5) is 0 Å². The third kappa shape index (κ3) is 25.5. The molecule has 734 valence electrons. The van der Waals surface area contributed by atoms with E-state index in [0.29, 0.717) is 199 Å². The minimum atomic E-state index is -0.0947. The van der Waals surface area contributed by atoms with Crippen LogP contribution in [0, 0.1) is 23.7 Å². The lowest BCUT2D eigenvalue weighted by Gasteiger charge is -2.31. The number of hydrogen-bond acceptors (Lipinski definition) is 12. The first-order chi connectivity index (χ1) is 69.5. The maximum absolute atomic E-state index is 13.7. The van der Waals surface area contributed by atoms with Crippen LogP contribution in [-0.2, 0) is 85.5 Å². The number of nitrogens with one attached hydrogen (secondary N) is 4. The van der Waals surface area contributed by atoms with Crippen LogP contribution >= 0.6 is 46.4 Å². The largest absolute Gasteiger partial charge is 0.497 e. The summed E-state index contributed by atoms with van der Waals surface area (Å²) >= 11 is 24.2. The van der Waals surface area contributed by atoms with E-state index in [1.807, 2.05) is 312 Å². The summed E-state index contributed by atoms with van der Waals surface area (Å²) in [5.74, 6) is 0.655. The molecule has 0 spiro atoms. The quantitative estimate of drug-likeness (QED) is 0.0394. The van der Waals surface area contributed by atoms with Crippen molar-refractivity contribution in [3.63, 3.8) is 0 Å². The Morgan fingerprint density at radius 1 is 0.350 bits per heavy atom. The zero-order chi connectivity index (χ0) is 99.4. The maximum atomic E-state index is 13.7. The highest BCUT2D eigenvalue weighted by Crippen LogP contribution is 2.33. The van der Waals surface area contributed by atoms with Crippen LogP contribution in [0.25, 0.3) is 43.6 Å². The standard InChI is InChI=1S/C31H32ClN3O3.C28H27ClN4O2.2C27H28ClN5O2/c1-38-27-12-8-22(9-13-27)14-17-33-30(36)24-15-18-34(19-16-24)31(37)29-20-25-4-2-3-5-28(25)35(29)21-23-6-10-26(32)11-7-23;29-24-9-7-20(8-10-24)19-33-25-6-2-1-5-23(25)16-26(33)28(35)32-14-11-22(12-15-32)27(34)31-18-21-4-3-13-30-17-21;1-31-13-12-23(30-31)17-29-26(34)20-10-14-32(15-11-20)27(35)25-16-21-4-2-3-5-24(21)33(25)18-19-6-8-22(28)9-7-19;1-31-17-23(30-18-31)15-29-26(34)20-10-12-32(13-11-20)27(35)25-14-21-4-2-3-5-24(21)33(25)16-19-6-8-22(28)9-7-19/h2-13,20,24H,14-19,21H2,1H3,(H,33,36);1-10,13,16-17,22H,11-12,14-15,18-19H2,(H,31,34);2-9,12-13,16,20H,10-11,14-15,17-18H2,1H3,(H,29,34);2-9,14,17-18,20H,10-13,15-16H2,1H3,(H,29,34). The van der Waals surface area contributed by atoms with Gasteiger partial charge in [0.1, 0.15) is 28.5 Å². The van der Waals surface area contributed by atoms with Crippen molar-refractivity contribution in [2.45, 2.75) is 104 Å². The molecule has 7 aromatic heterocycles. The van der Waals surface area contributed by atoms with Gasteiger partial charge in [-0.25, -0.2) is 4.98 Å². The molecule has 8 amide bonds. The van der Waals surface area contributed by atoms with Crippen LogP contribution < -0.4 is 26.0 Å². The summed E-state index contributed by atoms with van der Waals surface area (Å²) in [7, 11) is 5.40. The fourth-order valence-electron chi connectivity index (χ4n) is 19.2. The molecule has 20 rings (SSSR count). The van der Waals surface area contributed by atoms with Gasteiger partial charge in [0.2, 0.25) is 23.6 Å². The van der Waals surface area contributed by atoms with Gasteiger partial charge in [0.05, 0.1) is 37.9 Å². The number of aromatic nitrogens is 9. The number of pyridine rings is 1. The number of fused-ring (bicyclic) bond motifs is 4. The number of hydrogen-bond donors (Lipinski definition) is 4. The lowest BCUT2D eigenvalue weighted by molar-refractivity contribution is -0.127. The van der Waals surface area contributed by atoms with Crippen LogP contribution in [-0.4, -0.2) is 175 Å². The lowest BCUT2D eigenvalue weighted by atomic mass is 9.95. The molecule has 0 saturated carbocycles. The Balaban J connectivity index is 0.000000131. The molecule has 4 N–H and O–H groups in total. The number of para-hydroxylation sites is 4. The molecular formula is C113H115Cl4N17O9. The van der Waals surface area contributed by atoms with E-state index in [0.717, 1.165) is 101 Å². The molecule has 4 aliphatic heterocycles. The lowest BCUT2D eigenvalue weighted by Crippen LogP contribution is -2.43.